The summed E-state index contributed by atoms with van der Waals surface area (Å²) in [5.74, 6) is -1.70. The summed E-state index contributed by atoms with van der Waals surface area (Å²) in [5.41, 5.74) is 5.91. The molecule has 3 N–H and O–H groups in total. The van der Waals surface area contributed by atoms with Gasteiger partial charge in [0.15, 0.2) is 0 Å². The highest BCUT2D eigenvalue weighted by molar-refractivity contribution is 5.91. The maximum Gasteiger partial charge on any atom is 0.333 e. The Kier molecular flexibility index (Phi) is 21.6. The van der Waals surface area contributed by atoms with Crippen molar-refractivity contribution >= 4 is 17.8 Å². The molecule has 0 aromatic heterocycles. The zero-order chi connectivity index (χ0) is 21.8. The van der Waals surface area contributed by atoms with Crippen LogP contribution in [0.4, 0.5) is 0 Å². The number of carbonyl (C=O) groups is 3. The highest BCUT2D eigenvalue weighted by atomic mass is 16.5. The number of aliphatic carboxylic acids is 1. The van der Waals surface area contributed by atoms with Crippen LogP contribution in [0, 0.1) is 0 Å². The van der Waals surface area contributed by atoms with Crippen LogP contribution in [0.25, 0.3) is 0 Å². The number of rotatable bonds is 11. The number of unbranched alkanes of at least 4 members (excludes halogenated alkanes) is 2. The Balaban J connectivity index is -0.000000334. The van der Waals surface area contributed by atoms with Crippen LogP contribution in [-0.4, -0.2) is 42.8 Å². The SMILES string of the molecule is C=C(C)C(=O)O.C=C(C)C(=O)OCCCC.C=C(COCCCC)C(N)=O. The lowest BCUT2D eigenvalue weighted by Crippen LogP contribution is -2.17. The quantitative estimate of drug-likeness (QED) is 0.320. The second-order valence-corrected chi connectivity index (χ2v) is 5.73. The zero-order valence-corrected chi connectivity index (χ0v) is 17.1. The number of primary amides is 1. The minimum Gasteiger partial charge on any atom is -0.478 e. The van der Waals surface area contributed by atoms with Crippen molar-refractivity contribution in [2.45, 2.75) is 53.4 Å². The highest BCUT2D eigenvalue weighted by Gasteiger charge is 2.00. The number of carboxylic acids is 1. The number of carbonyl (C=O) groups excluding carboxylic acids is 2. The van der Waals surface area contributed by atoms with Crippen LogP contribution in [0.3, 0.4) is 0 Å². The molecule has 0 heterocycles. The number of amides is 1. The molecule has 0 fully saturated rings. The van der Waals surface area contributed by atoms with E-state index in [-0.39, 0.29) is 18.1 Å². The first-order valence-corrected chi connectivity index (χ1v) is 8.77. The maximum absolute atomic E-state index is 10.7. The van der Waals surface area contributed by atoms with Gasteiger partial charge >= 0.3 is 11.9 Å². The average molecular weight is 386 g/mol. The van der Waals surface area contributed by atoms with Gasteiger partial charge in [-0.3, -0.25) is 4.79 Å². The van der Waals surface area contributed by atoms with Crippen molar-refractivity contribution in [2.24, 2.45) is 5.73 Å². The van der Waals surface area contributed by atoms with Crippen LogP contribution in [-0.2, 0) is 23.9 Å². The Morgan fingerprint density at radius 3 is 1.70 bits per heavy atom. The van der Waals surface area contributed by atoms with Crippen LogP contribution in [0.1, 0.15) is 53.4 Å². The lowest BCUT2D eigenvalue weighted by Gasteiger charge is -2.02. The van der Waals surface area contributed by atoms with Crippen molar-refractivity contribution < 1.29 is 29.0 Å². The molecule has 27 heavy (non-hydrogen) atoms. The molecule has 0 unspecified atom stereocenters. The fourth-order valence-electron chi connectivity index (χ4n) is 0.945. The van der Waals surface area contributed by atoms with Gasteiger partial charge in [0.2, 0.25) is 5.91 Å². The molecule has 0 radical (unpaired) electrons. The number of hydrogen-bond donors (Lipinski definition) is 2. The molecule has 156 valence electrons. The molecule has 0 aliphatic carbocycles. The summed E-state index contributed by atoms with van der Waals surface area (Å²) in [6.07, 6.45) is 4.07. The van der Waals surface area contributed by atoms with E-state index in [1.54, 1.807) is 6.92 Å². The summed E-state index contributed by atoms with van der Waals surface area (Å²) in [7, 11) is 0. The van der Waals surface area contributed by atoms with Gasteiger partial charge in [-0.05, 0) is 26.7 Å². The lowest BCUT2D eigenvalue weighted by molar-refractivity contribution is -0.139. The predicted octanol–water partition coefficient (Wildman–Crippen LogP) is 3.40. The van der Waals surface area contributed by atoms with Gasteiger partial charge in [-0.25, -0.2) is 9.59 Å². The van der Waals surface area contributed by atoms with Crippen LogP contribution in [0.2, 0.25) is 0 Å². The highest BCUT2D eigenvalue weighted by Crippen LogP contribution is 1.94. The molecule has 0 atom stereocenters. The Labute approximate surface area is 162 Å². The molecule has 7 heteroatoms. The van der Waals surface area contributed by atoms with Crippen LogP contribution < -0.4 is 5.73 Å². The maximum atomic E-state index is 10.7. The molecule has 0 aromatic rings. The molecule has 0 aliphatic rings. The first-order chi connectivity index (χ1) is 12.5. The minimum absolute atomic E-state index is 0.176. The summed E-state index contributed by atoms with van der Waals surface area (Å²) >= 11 is 0. The predicted molar refractivity (Wildman–Crippen MR) is 107 cm³/mol. The van der Waals surface area contributed by atoms with Gasteiger partial charge in [-0.15, -0.1) is 0 Å². The molecule has 0 aliphatic heterocycles. The van der Waals surface area contributed by atoms with Crippen molar-refractivity contribution in [2.75, 3.05) is 19.8 Å². The standard InChI is InChI=1S/C8H15NO2.C8H14O2.C4H6O2/c1-3-4-5-11-6-7(2)8(9)10;1-4-5-6-10-8(9)7(2)3;1-3(2)4(5)6/h2-6H2,1H3,(H2,9,10);2,4-6H2,1,3H3;1H2,2H3,(H,5,6). The van der Waals surface area contributed by atoms with Gasteiger partial charge in [0.25, 0.3) is 0 Å². The summed E-state index contributed by atoms with van der Waals surface area (Å²) in [4.78, 5) is 30.7. The van der Waals surface area contributed by atoms with Gasteiger partial charge in [-0.2, -0.15) is 0 Å². The molecule has 0 spiro atoms. The Morgan fingerprint density at radius 2 is 1.37 bits per heavy atom. The molecule has 0 rings (SSSR count). The third-order valence-corrected chi connectivity index (χ3v) is 2.71. The number of esters is 1. The van der Waals surface area contributed by atoms with Crippen LogP contribution in [0.15, 0.2) is 36.5 Å². The van der Waals surface area contributed by atoms with Crippen molar-refractivity contribution in [3.8, 4) is 0 Å². The summed E-state index contributed by atoms with van der Waals surface area (Å²) < 4.78 is 9.90. The lowest BCUT2D eigenvalue weighted by atomic mass is 10.3. The molecule has 1 amide bonds. The monoisotopic (exact) mass is 385 g/mol. The molecule has 0 saturated carbocycles. The largest absolute Gasteiger partial charge is 0.478 e. The van der Waals surface area contributed by atoms with Crippen molar-refractivity contribution in [1.29, 1.82) is 0 Å². The van der Waals surface area contributed by atoms with E-state index in [0.717, 1.165) is 25.7 Å². The van der Waals surface area contributed by atoms with E-state index in [9.17, 15) is 14.4 Å². The Hall–Kier alpha value is -2.41. The van der Waals surface area contributed by atoms with Gasteiger partial charge in [0.05, 0.1) is 13.2 Å². The summed E-state index contributed by atoms with van der Waals surface area (Å²) in [5, 5.41) is 7.89. The van der Waals surface area contributed by atoms with E-state index in [1.807, 2.05) is 0 Å². The van der Waals surface area contributed by atoms with Crippen molar-refractivity contribution in [3.63, 3.8) is 0 Å². The number of hydrogen-bond acceptors (Lipinski definition) is 5. The minimum atomic E-state index is -0.935. The van der Waals surface area contributed by atoms with E-state index in [1.165, 1.54) is 6.92 Å². The van der Waals surface area contributed by atoms with Gasteiger partial charge in [-0.1, -0.05) is 46.4 Å². The number of carboxylic acid groups (broad SMARTS) is 1. The Morgan fingerprint density at radius 1 is 0.926 bits per heavy atom. The number of ether oxygens (including phenoxy) is 2. The third-order valence-electron chi connectivity index (χ3n) is 2.71. The van der Waals surface area contributed by atoms with E-state index in [4.69, 9.17) is 20.3 Å². The molecular formula is C20H35NO6. The first-order valence-electron chi connectivity index (χ1n) is 8.77. The first kappa shape index (κ1) is 29.4. The smallest absolute Gasteiger partial charge is 0.333 e. The van der Waals surface area contributed by atoms with Crippen molar-refractivity contribution in [1.82, 2.24) is 0 Å². The van der Waals surface area contributed by atoms with Gasteiger partial charge in [0.1, 0.15) is 0 Å². The zero-order valence-electron chi connectivity index (χ0n) is 17.1. The van der Waals surface area contributed by atoms with Gasteiger partial charge in [0, 0.05) is 23.3 Å². The molecule has 0 aromatic carbocycles. The fraction of sp³-hybridized carbons (Fsp3) is 0.550. The van der Waals surface area contributed by atoms with Gasteiger partial charge < -0.3 is 20.3 Å². The van der Waals surface area contributed by atoms with E-state index in [2.05, 4.69) is 33.6 Å². The molecule has 7 nitrogen and oxygen atoms in total. The second kappa shape index (κ2) is 19.9. The topological polar surface area (TPSA) is 116 Å². The third kappa shape index (κ3) is 25.9. The van der Waals surface area contributed by atoms with E-state index in [0.29, 0.717) is 24.4 Å². The molecule has 0 saturated heterocycles. The number of nitrogens with two attached hydrogens (primary N) is 1. The van der Waals surface area contributed by atoms with E-state index < -0.39 is 11.9 Å². The molecule has 0 bridgehead atoms. The molecular weight excluding hydrogens is 350 g/mol. The van der Waals surface area contributed by atoms with E-state index >= 15 is 0 Å². The summed E-state index contributed by atoms with van der Waals surface area (Å²) in [6, 6.07) is 0. The normalized spacial score (nSPS) is 8.89. The second-order valence-electron chi connectivity index (χ2n) is 5.73. The van der Waals surface area contributed by atoms with Crippen LogP contribution in [0.5, 0.6) is 0 Å². The Bertz CT molecular complexity index is 485. The van der Waals surface area contributed by atoms with Crippen LogP contribution >= 0.6 is 0 Å². The average Bonchev–Trinajstić information content (AvgIpc) is 2.59. The van der Waals surface area contributed by atoms with Crippen molar-refractivity contribution in [3.05, 3.63) is 36.5 Å². The fourth-order valence-corrected chi connectivity index (χ4v) is 0.945. The summed E-state index contributed by atoms with van der Waals surface area (Å²) in [6.45, 7) is 18.7.